The molecule has 0 unspecified atom stereocenters. The largest absolute Gasteiger partial charge is 0.399 e. The molecule has 2 rings (SSSR count). The van der Waals surface area contributed by atoms with Crippen molar-refractivity contribution in [2.75, 3.05) is 5.73 Å². The number of nitrogens with two attached hydrogens (primary N) is 1. The van der Waals surface area contributed by atoms with Gasteiger partial charge in [0.1, 0.15) is 0 Å². The first kappa shape index (κ1) is 10.8. The second-order valence-corrected chi connectivity index (χ2v) is 3.47. The van der Waals surface area contributed by atoms with Crippen LogP contribution in [0.1, 0.15) is 5.56 Å². The Bertz CT molecular complexity index is 437. The van der Waals surface area contributed by atoms with E-state index in [4.69, 9.17) is 5.73 Å². The highest BCUT2D eigenvalue weighted by Crippen LogP contribution is 2.46. The van der Waals surface area contributed by atoms with Crippen molar-refractivity contribution in [3.8, 4) is 0 Å². The molecule has 16 heavy (non-hydrogen) atoms. The monoisotopic (exact) mass is 232 g/mol. The third-order valence-electron chi connectivity index (χ3n) is 2.35. The van der Waals surface area contributed by atoms with E-state index in [2.05, 4.69) is 0 Å². The molecule has 0 bridgehead atoms. The molecule has 1 heterocycles. The molecule has 0 atom stereocenters. The van der Waals surface area contributed by atoms with Crippen LogP contribution in [0.2, 0.25) is 0 Å². The van der Waals surface area contributed by atoms with Gasteiger partial charge in [-0.15, -0.1) is 0 Å². The van der Waals surface area contributed by atoms with E-state index in [1.54, 1.807) is 0 Å². The van der Waals surface area contributed by atoms with Crippen molar-refractivity contribution in [2.24, 2.45) is 0 Å². The quantitative estimate of drug-likeness (QED) is 0.443. The Morgan fingerprint density at radius 3 is 2.00 bits per heavy atom. The van der Waals surface area contributed by atoms with E-state index in [0.717, 1.165) is 0 Å². The summed E-state index contributed by atoms with van der Waals surface area (Å²) < 4.78 is 52.1. The van der Waals surface area contributed by atoms with Gasteiger partial charge in [-0.3, -0.25) is 0 Å². The van der Waals surface area contributed by atoms with Gasteiger partial charge in [0.15, 0.2) is 0 Å². The van der Waals surface area contributed by atoms with Crippen LogP contribution in [0.25, 0.3) is 5.57 Å². The summed E-state index contributed by atoms with van der Waals surface area (Å²) in [5.41, 5.74) is 5.03. The molecule has 0 saturated carbocycles. The fourth-order valence-corrected chi connectivity index (χ4v) is 1.44. The van der Waals surface area contributed by atoms with Crippen LogP contribution in [0.3, 0.4) is 0 Å². The topological polar surface area (TPSA) is 38.0 Å². The van der Waals surface area contributed by atoms with Crippen molar-refractivity contribution >= 4 is 11.3 Å². The molecule has 0 spiro atoms. The van der Waals surface area contributed by atoms with Crippen LogP contribution in [0, 0.1) is 0 Å². The number of nitrogens with one attached hydrogen (secondary N) is 1. The molecule has 1 aromatic carbocycles. The SMILES string of the molecule is Nc1ccc(C2=CNC(F)(F)C2(F)F)cc1. The second kappa shape index (κ2) is 3.13. The van der Waals surface area contributed by atoms with Crippen molar-refractivity contribution in [2.45, 2.75) is 12.0 Å². The Hall–Kier alpha value is -1.72. The number of benzene rings is 1. The molecule has 6 heteroatoms. The van der Waals surface area contributed by atoms with Gasteiger partial charge >= 0.3 is 12.0 Å². The lowest BCUT2D eigenvalue weighted by atomic mass is 10.0. The van der Waals surface area contributed by atoms with Crippen LogP contribution in [-0.4, -0.2) is 12.0 Å². The lowest BCUT2D eigenvalue weighted by molar-refractivity contribution is -0.175. The zero-order chi connectivity index (χ0) is 12.0. The Kier molecular flexibility index (Phi) is 2.11. The lowest BCUT2D eigenvalue weighted by Gasteiger charge is -2.21. The first-order valence-electron chi connectivity index (χ1n) is 4.44. The zero-order valence-corrected chi connectivity index (χ0v) is 7.98. The van der Waals surface area contributed by atoms with Gasteiger partial charge in [0.2, 0.25) is 0 Å². The maximum absolute atomic E-state index is 13.3. The summed E-state index contributed by atoms with van der Waals surface area (Å²) in [7, 11) is 0. The normalized spacial score (nSPS) is 21.4. The molecular weight excluding hydrogens is 224 g/mol. The summed E-state index contributed by atoms with van der Waals surface area (Å²) in [4.78, 5) is 0. The van der Waals surface area contributed by atoms with Crippen molar-refractivity contribution in [3.63, 3.8) is 0 Å². The summed E-state index contributed by atoms with van der Waals surface area (Å²) in [6, 6.07) is 1.06. The number of alkyl halides is 4. The van der Waals surface area contributed by atoms with E-state index in [-0.39, 0.29) is 5.56 Å². The van der Waals surface area contributed by atoms with Gasteiger partial charge in [0, 0.05) is 11.9 Å². The smallest absolute Gasteiger partial charge is 0.390 e. The van der Waals surface area contributed by atoms with Gasteiger partial charge in [0.05, 0.1) is 5.57 Å². The van der Waals surface area contributed by atoms with Gasteiger partial charge in [0.25, 0.3) is 0 Å². The number of halogens is 4. The molecule has 2 nitrogen and oxygen atoms in total. The predicted octanol–water partition coefficient (Wildman–Crippen LogP) is 2.44. The molecule has 1 aliphatic heterocycles. The number of anilines is 1. The molecule has 1 aliphatic rings. The summed E-state index contributed by atoms with van der Waals surface area (Å²) in [5, 5.41) is 1.37. The average molecular weight is 232 g/mol. The zero-order valence-electron chi connectivity index (χ0n) is 7.98. The number of rotatable bonds is 1. The molecule has 0 amide bonds. The first-order chi connectivity index (χ1) is 7.34. The summed E-state index contributed by atoms with van der Waals surface area (Å²) in [6.07, 6.45) is 0.630. The lowest BCUT2D eigenvalue weighted by Crippen LogP contribution is -2.44. The Labute approximate surface area is 88.7 Å². The summed E-state index contributed by atoms with van der Waals surface area (Å²) >= 11 is 0. The minimum Gasteiger partial charge on any atom is -0.399 e. The van der Waals surface area contributed by atoms with Crippen molar-refractivity contribution in [1.29, 1.82) is 0 Å². The number of nitrogen functional groups attached to an aromatic ring is 1. The molecule has 0 saturated heterocycles. The summed E-state index contributed by atoms with van der Waals surface area (Å²) in [5.74, 6) is -4.22. The highest BCUT2D eigenvalue weighted by molar-refractivity contribution is 5.74. The maximum Gasteiger partial charge on any atom is 0.390 e. The fraction of sp³-hybridized carbons (Fsp3) is 0.200. The van der Waals surface area contributed by atoms with Crippen molar-refractivity contribution < 1.29 is 17.6 Å². The van der Waals surface area contributed by atoms with E-state index in [1.165, 1.54) is 29.6 Å². The number of hydrogen-bond acceptors (Lipinski definition) is 2. The van der Waals surface area contributed by atoms with Crippen LogP contribution in [0.15, 0.2) is 30.5 Å². The van der Waals surface area contributed by atoms with Gasteiger partial charge in [-0.1, -0.05) is 12.1 Å². The van der Waals surface area contributed by atoms with Crippen molar-refractivity contribution in [3.05, 3.63) is 36.0 Å². The van der Waals surface area contributed by atoms with Crippen LogP contribution in [0.4, 0.5) is 23.2 Å². The summed E-state index contributed by atoms with van der Waals surface area (Å²) in [6.45, 7) is 0. The van der Waals surface area contributed by atoms with Crippen LogP contribution >= 0.6 is 0 Å². The van der Waals surface area contributed by atoms with E-state index in [0.29, 0.717) is 11.9 Å². The fourth-order valence-electron chi connectivity index (χ4n) is 1.44. The molecule has 0 radical (unpaired) electrons. The number of hydrogen-bond donors (Lipinski definition) is 2. The standard InChI is InChI=1S/C10H8F4N2/c11-9(12)8(5-16-10(9,13)14)6-1-3-7(15)4-2-6/h1-5,16H,15H2. The van der Waals surface area contributed by atoms with Gasteiger partial charge < -0.3 is 11.1 Å². The second-order valence-electron chi connectivity index (χ2n) is 3.47. The first-order valence-corrected chi connectivity index (χ1v) is 4.44. The Morgan fingerprint density at radius 1 is 1.00 bits per heavy atom. The van der Waals surface area contributed by atoms with Gasteiger partial charge in [-0.05, 0) is 17.7 Å². The van der Waals surface area contributed by atoms with E-state index >= 15 is 0 Å². The van der Waals surface area contributed by atoms with E-state index in [9.17, 15) is 17.6 Å². The Balaban J connectivity index is 2.41. The van der Waals surface area contributed by atoms with Crippen LogP contribution in [0.5, 0.6) is 0 Å². The molecular formula is C10H8F4N2. The molecule has 86 valence electrons. The minimum atomic E-state index is -4.25. The predicted molar refractivity (Wildman–Crippen MR) is 51.9 cm³/mol. The van der Waals surface area contributed by atoms with Crippen LogP contribution < -0.4 is 11.1 Å². The van der Waals surface area contributed by atoms with E-state index < -0.39 is 17.5 Å². The molecule has 0 fully saturated rings. The Morgan fingerprint density at radius 2 is 1.56 bits per heavy atom. The van der Waals surface area contributed by atoms with E-state index in [1.807, 2.05) is 0 Å². The highest BCUT2D eigenvalue weighted by Gasteiger charge is 2.62. The molecule has 0 aromatic heterocycles. The molecule has 1 aromatic rings. The third-order valence-corrected chi connectivity index (χ3v) is 2.35. The average Bonchev–Trinajstić information content (AvgIpc) is 2.40. The molecule has 3 N–H and O–H groups in total. The van der Waals surface area contributed by atoms with Crippen LogP contribution in [-0.2, 0) is 0 Å². The van der Waals surface area contributed by atoms with Gasteiger partial charge in [-0.2, -0.15) is 17.6 Å². The highest BCUT2D eigenvalue weighted by atomic mass is 19.3. The van der Waals surface area contributed by atoms with Gasteiger partial charge in [-0.25, -0.2) is 0 Å². The van der Waals surface area contributed by atoms with Crippen molar-refractivity contribution in [1.82, 2.24) is 5.32 Å². The molecule has 0 aliphatic carbocycles. The minimum absolute atomic E-state index is 0.0175. The third kappa shape index (κ3) is 1.41. The maximum atomic E-state index is 13.3.